The molecule has 1 aromatic carbocycles. The summed E-state index contributed by atoms with van der Waals surface area (Å²) in [5, 5.41) is 12.0. The topological polar surface area (TPSA) is 49.8 Å². The van der Waals surface area contributed by atoms with Crippen LogP contribution < -0.4 is 0 Å². The molecule has 102 valence electrons. The van der Waals surface area contributed by atoms with Crippen molar-refractivity contribution in [2.75, 3.05) is 0 Å². The molecule has 0 radical (unpaired) electrons. The third-order valence-electron chi connectivity index (χ3n) is 2.97. The van der Waals surface area contributed by atoms with Crippen molar-refractivity contribution in [1.82, 2.24) is 4.98 Å². The maximum atomic E-state index is 9.33. The maximum Gasteiger partial charge on any atom is 0.134 e. The van der Waals surface area contributed by atoms with Gasteiger partial charge in [0.1, 0.15) is 22.6 Å². The Morgan fingerprint density at radius 2 is 2.05 bits per heavy atom. The third-order valence-corrected chi connectivity index (χ3v) is 3.85. The summed E-state index contributed by atoms with van der Waals surface area (Å²) in [6, 6.07) is 15.8. The molecule has 0 amide bonds. The number of nitriles is 1. The molecule has 21 heavy (non-hydrogen) atoms. The highest BCUT2D eigenvalue weighted by Gasteiger charge is 2.09. The van der Waals surface area contributed by atoms with E-state index in [0.717, 1.165) is 17.0 Å². The predicted octanol–water partition coefficient (Wildman–Crippen LogP) is 4.78. The molecule has 0 saturated carbocycles. The minimum Gasteiger partial charge on any atom is -0.462 e. The SMILES string of the molecule is Cc1ccc(/C=C(/C#N)c2nc(-c3ccccc3)cs2)o1. The fourth-order valence-corrected chi connectivity index (χ4v) is 2.75. The van der Waals surface area contributed by atoms with Crippen molar-refractivity contribution < 1.29 is 4.42 Å². The summed E-state index contributed by atoms with van der Waals surface area (Å²) in [6.07, 6.45) is 1.72. The van der Waals surface area contributed by atoms with Gasteiger partial charge >= 0.3 is 0 Å². The summed E-state index contributed by atoms with van der Waals surface area (Å²) in [5.74, 6) is 1.49. The molecule has 0 aliphatic heterocycles. The van der Waals surface area contributed by atoms with Gasteiger partial charge in [0.2, 0.25) is 0 Å². The lowest BCUT2D eigenvalue weighted by Crippen LogP contribution is -1.82. The lowest BCUT2D eigenvalue weighted by molar-refractivity contribution is 0.525. The van der Waals surface area contributed by atoms with Crippen LogP contribution >= 0.6 is 11.3 Å². The Labute approximate surface area is 126 Å². The first-order valence-corrected chi connectivity index (χ1v) is 7.34. The molecular formula is C17H12N2OS. The highest BCUT2D eigenvalue weighted by Crippen LogP contribution is 2.27. The Morgan fingerprint density at radius 3 is 2.71 bits per heavy atom. The van der Waals surface area contributed by atoms with Gasteiger partial charge in [-0.2, -0.15) is 5.26 Å². The van der Waals surface area contributed by atoms with E-state index in [-0.39, 0.29) is 0 Å². The summed E-state index contributed by atoms with van der Waals surface area (Å²) in [5.41, 5.74) is 2.44. The molecule has 0 aliphatic rings. The lowest BCUT2D eigenvalue weighted by atomic mass is 10.2. The second-order valence-corrected chi connectivity index (χ2v) is 5.38. The molecule has 2 aromatic heterocycles. The van der Waals surface area contributed by atoms with Gasteiger partial charge in [-0.1, -0.05) is 30.3 Å². The quantitative estimate of drug-likeness (QED) is 0.653. The molecule has 3 nitrogen and oxygen atoms in total. The number of furan rings is 1. The van der Waals surface area contributed by atoms with Crippen molar-refractivity contribution in [1.29, 1.82) is 5.26 Å². The van der Waals surface area contributed by atoms with E-state index in [1.54, 1.807) is 6.08 Å². The van der Waals surface area contributed by atoms with E-state index in [1.807, 2.05) is 54.8 Å². The summed E-state index contributed by atoms with van der Waals surface area (Å²) >= 11 is 1.46. The first-order chi connectivity index (χ1) is 10.3. The molecular weight excluding hydrogens is 280 g/mol. The van der Waals surface area contributed by atoms with Crippen LogP contribution in [0.15, 0.2) is 52.3 Å². The number of aromatic nitrogens is 1. The van der Waals surface area contributed by atoms with Crippen LogP contribution in [-0.4, -0.2) is 4.98 Å². The molecule has 0 saturated heterocycles. The van der Waals surface area contributed by atoms with Gasteiger partial charge < -0.3 is 4.42 Å². The summed E-state index contributed by atoms with van der Waals surface area (Å²) in [7, 11) is 0. The van der Waals surface area contributed by atoms with Crippen LogP contribution in [0, 0.1) is 18.3 Å². The smallest absolute Gasteiger partial charge is 0.134 e. The van der Waals surface area contributed by atoms with Crippen molar-refractivity contribution in [3.8, 4) is 17.3 Å². The molecule has 2 heterocycles. The van der Waals surface area contributed by atoms with Gasteiger partial charge in [0, 0.05) is 17.0 Å². The number of allylic oxidation sites excluding steroid dienone is 1. The molecule has 3 rings (SSSR count). The van der Waals surface area contributed by atoms with Gasteiger partial charge in [0.15, 0.2) is 0 Å². The number of aryl methyl sites for hydroxylation is 1. The fourth-order valence-electron chi connectivity index (χ4n) is 1.95. The van der Waals surface area contributed by atoms with Gasteiger partial charge in [-0.3, -0.25) is 0 Å². The molecule has 0 bridgehead atoms. The van der Waals surface area contributed by atoms with Crippen LogP contribution in [0.3, 0.4) is 0 Å². The van der Waals surface area contributed by atoms with Crippen LogP contribution in [0.4, 0.5) is 0 Å². The fraction of sp³-hybridized carbons (Fsp3) is 0.0588. The second kappa shape index (κ2) is 5.78. The molecule has 0 atom stereocenters. The zero-order valence-electron chi connectivity index (χ0n) is 11.4. The van der Waals surface area contributed by atoms with Gasteiger partial charge in [-0.25, -0.2) is 4.98 Å². The standard InChI is InChI=1S/C17H12N2OS/c1-12-7-8-15(20-12)9-14(10-18)17-19-16(11-21-17)13-5-3-2-4-6-13/h2-9,11H,1H3/b14-9-. The number of hydrogen-bond donors (Lipinski definition) is 0. The number of benzene rings is 1. The third kappa shape index (κ3) is 2.93. The number of rotatable bonds is 3. The van der Waals surface area contributed by atoms with Gasteiger partial charge in [0.25, 0.3) is 0 Å². The van der Waals surface area contributed by atoms with Crippen LogP contribution in [0.1, 0.15) is 16.5 Å². The van der Waals surface area contributed by atoms with Crippen molar-refractivity contribution in [2.45, 2.75) is 6.92 Å². The average Bonchev–Trinajstić information content (AvgIpc) is 3.15. The maximum absolute atomic E-state index is 9.33. The summed E-state index contributed by atoms with van der Waals surface area (Å²) in [4.78, 5) is 4.54. The van der Waals surface area contributed by atoms with E-state index in [9.17, 15) is 5.26 Å². The predicted molar refractivity (Wildman–Crippen MR) is 84.5 cm³/mol. The average molecular weight is 292 g/mol. The number of nitrogens with zero attached hydrogens (tertiary/aromatic N) is 2. The zero-order chi connectivity index (χ0) is 14.7. The van der Waals surface area contributed by atoms with Crippen molar-refractivity contribution in [2.24, 2.45) is 0 Å². The Bertz CT molecular complexity index is 822. The second-order valence-electron chi connectivity index (χ2n) is 4.52. The summed E-state index contributed by atoms with van der Waals surface area (Å²) < 4.78 is 5.48. The molecule has 0 aliphatic carbocycles. The molecule has 0 spiro atoms. The highest BCUT2D eigenvalue weighted by atomic mass is 32.1. The van der Waals surface area contributed by atoms with E-state index in [2.05, 4.69) is 11.1 Å². The van der Waals surface area contributed by atoms with Crippen molar-refractivity contribution >= 4 is 23.0 Å². The zero-order valence-corrected chi connectivity index (χ0v) is 12.2. The highest BCUT2D eigenvalue weighted by molar-refractivity contribution is 7.11. The van der Waals surface area contributed by atoms with E-state index >= 15 is 0 Å². The van der Waals surface area contributed by atoms with E-state index in [4.69, 9.17) is 4.42 Å². The monoisotopic (exact) mass is 292 g/mol. The molecule has 0 N–H and O–H groups in total. The molecule has 3 aromatic rings. The van der Waals surface area contributed by atoms with Gasteiger partial charge in [-0.05, 0) is 19.1 Å². The molecule has 4 heteroatoms. The molecule has 0 fully saturated rings. The Balaban J connectivity index is 1.95. The number of hydrogen-bond acceptors (Lipinski definition) is 4. The van der Waals surface area contributed by atoms with Gasteiger partial charge in [0.05, 0.1) is 11.3 Å². The van der Waals surface area contributed by atoms with Crippen LogP contribution in [0.5, 0.6) is 0 Å². The van der Waals surface area contributed by atoms with Crippen molar-refractivity contribution in [3.63, 3.8) is 0 Å². The van der Waals surface area contributed by atoms with Gasteiger partial charge in [-0.15, -0.1) is 11.3 Å². The Morgan fingerprint density at radius 1 is 1.24 bits per heavy atom. The lowest BCUT2D eigenvalue weighted by Gasteiger charge is -1.94. The number of thiazole rings is 1. The first-order valence-electron chi connectivity index (χ1n) is 6.46. The van der Waals surface area contributed by atoms with E-state index < -0.39 is 0 Å². The van der Waals surface area contributed by atoms with E-state index in [0.29, 0.717) is 16.3 Å². The van der Waals surface area contributed by atoms with Crippen LogP contribution in [0.25, 0.3) is 22.9 Å². The van der Waals surface area contributed by atoms with E-state index in [1.165, 1.54) is 11.3 Å². The Hall–Kier alpha value is -2.64. The van der Waals surface area contributed by atoms with Crippen LogP contribution in [0.2, 0.25) is 0 Å². The largest absolute Gasteiger partial charge is 0.462 e. The minimum atomic E-state index is 0.511. The first kappa shape index (κ1) is 13.3. The van der Waals surface area contributed by atoms with Crippen LogP contribution in [-0.2, 0) is 0 Å². The normalized spacial score (nSPS) is 11.3. The molecule has 0 unspecified atom stereocenters. The summed E-state index contributed by atoms with van der Waals surface area (Å²) in [6.45, 7) is 1.88. The minimum absolute atomic E-state index is 0.511. The van der Waals surface area contributed by atoms with Crippen molar-refractivity contribution in [3.05, 3.63) is 64.4 Å². The Kier molecular flexibility index (Phi) is 3.67.